The number of nitrogens with two attached hydrogens (primary N) is 1. The van der Waals surface area contributed by atoms with E-state index in [1.54, 1.807) is 0 Å². The molecule has 1 saturated heterocycles. The van der Waals surface area contributed by atoms with Crippen LogP contribution in [0.5, 0.6) is 0 Å². The van der Waals surface area contributed by atoms with E-state index in [0.29, 0.717) is 0 Å². The van der Waals surface area contributed by atoms with E-state index in [9.17, 15) is 0 Å². The van der Waals surface area contributed by atoms with Crippen molar-refractivity contribution in [2.24, 2.45) is 5.73 Å². The van der Waals surface area contributed by atoms with Crippen LogP contribution in [0.2, 0.25) is 0 Å². The van der Waals surface area contributed by atoms with Crippen molar-refractivity contribution in [3.8, 4) is 0 Å². The minimum Gasteiger partial charge on any atom is -0.330 e. The Morgan fingerprint density at radius 1 is 1.40 bits per heavy atom. The lowest BCUT2D eigenvalue weighted by Crippen LogP contribution is -2.07. The normalized spacial score (nSPS) is 18.2. The molecular weight excluding hydrogens is 224 g/mol. The first-order valence-corrected chi connectivity index (χ1v) is 7.59. The van der Waals surface area contributed by atoms with Crippen molar-refractivity contribution >= 4 is 23.1 Å². The highest BCUT2D eigenvalue weighted by molar-refractivity contribution is 7.99. The van der Waals surface area contributed by atoms with Crippen LogP contribution in [0, 0.1) is 0 Å². The number of hydrogen-bond acceptors (Lipinski definition) is 4. The van der Waals surface area contributed by atoms with Gasteiger partial charge in [-0.2, -0.15) is 11.8 Å². The van der Waals surface area contributed by atoms with E-state index < -0.39 is 0 Å². The zero-order chi connectivity index (χ0) is 10.5. The molecule has 0 atom stereocenters. The molecule has 1 aromatic rings. The van der Waals surface area contributed by atoms with Gasteiger partial charge in [-0.15, -0.1) is 11.3 Å². The van der Waals surface area contributed by atoms with Crippen molar-refractivity contribution in [2.75, 3.05) is 18.1 Å². The molecule has 0 unspecified atom stereocenters. The molecule has 2 nitrogen and oxygen atoms in total. The molecule has 0 radical (unpaired) electrons. The average molecular weight is 242 g/mol. The van der Waals surface area contributed by atoms with Gasteiger partial charge in [0.1, 0.15) is 0 Å². The van der Waals surface area contributed by atoms with Crippen LogP contribution in [-0.4, -0.2) is 23.0 Å². The zero-order valence-corrected chi connectivity index (χ0v) is 10.6. The minimum atomic E-state index is 0.739. The van der Waals surface area contributed by atoms with Gasteiger partial charge in [-0.3, -0.25) is 0 Å². The molecule has 0 saturated carbocycles. The van der Waals surface area contributed by atoms with Gasteiger partial charge >= 0.3 is 0 Å². The molecule has 0 amide bonds. The molecule has 15 heavy (non-hydrogen) atoms. The quantitative estimate of drug-likeness (QED) is 0.882. The highest BCUT2D eigenvalue weighted by atomic mass is 32.2. The summed E-state index contributed by atoms with van der Waals surface area (Å²) >= 11 is 3.98. The Morgan fingerprint density at radius 3 is 2.93 bits per heavy atom. The summed E-state index contributed by atoms with van der Waals surface area (Å²) in [7, 11) is 0. The highest BCUT2D eigenvalue weighted by Crippen LogP contribution is 2.33. The SMILES string of the molecule is NCCCc1cnc(C2CCSCC2)s1. The molecule has 2 rings (SSSR count). The largest absolute Gasteiger partial charge is 0.330 e. The number of nitrogens with zero attached hydrogens (tertiary/aromatic N) is 1. The Bertz CT molecular complexity index is 293. The molecule has 2 heterocycles. The lowest BCUT2D eigenvalue weighted by Gasteiger charge is -2.18. The van der Waals surface area contributed by atoms with E-state index >= 15 is 0 Å². The first-order valence-electron chi connectivity index (χ1n) is 5.62. The Kier molecular flexibility index (Phi) is 4.47. The first kappa shape index (κ1) is 11.4. The molecule has 1 aliphatic heterocycles. The molecule has 0 aromatic carbocycles. The fourth-order valence-corrected chi connectivity index (χ4v) is 4.08. The Morgan fingerprint density at radius 2 is 2.20 bits per heavy atom. The fourth-order valence-electron chi connectivity index (χ4n) is 1.85. The molecule has 1 fully saturated rings. The van der Waals surface area contributed by atoms with Gasteiger partial charge in [0.05, 0.1) is 5.01 Å². The topological polar surface area (TPSA) is 38.9 Å². The summed E-state index contributed by atoms with van der Waals surface area (Å²) in [4.78, 5) is 5.97. The summed E-state index contributed by atoms with van der Waals surface area (Å²) in [5.74, 6) is 3.35. The van der Waals surface area contributed by atoms with Gasteiger partial charge in [0.25, 0.3) is 0 Å². The monoisotopic (exact) mass is 242 g/mol. The molecule has 84 valence electrons. The highest BCUT2D eigenvalue weighted by Gasteiger charge is 2.18. The lowest BCUT2D eigenvalue weighted by atomic mass is 10.0. The summed E-state index contributed by atoms with van der Waals surface area (Å²) in [6.45, 7) is 0.785. The minimum absolute atomic E-state index is 0.739. The van der Waals surface area contributed by atoms with E-state index in [1.165, 1.54) is 34.2 Å². The van der Waals surface area contributed by atoms with Gasteiger partial charge in [0.15, 0.2) is 0 Å². The summed E-state index contributed by atoms with van der Waals surface area (Å²) in [6, 6.07) is 0. The first-order chi connectivity index (χ1) is 7.40. The van der Waals surface area contributed by atoms with Crippen molar-refractivity contribution < 1.29 is 0 Å². The molecule has 0 bridgehead atoms. The van der Waals surface area contributed by atoms with E-state index in [0.717, 1.165) is 25.3 Å². The van der Waals surface area contributed by atoms with Crippen molar-refractivity contribution in [1.29, 1.82) is 0 Å². The second-order valence-corrected chi connectivity index (χ2v) is 6.32. The van der Waals surface area contributed by atoms with Crippen LogP contribution in [0.15, 0.2) is 6.20 Å². The van der Waals surface area contributed by atoms with Gasteiger partial charge in [-0.1, -0.05) is 0 Å². The van der Waals surface area contributed by atoms with Crippen LogP contribution in [0.4, 0.5) is 0 Å². The standard InChI is InChI=1S/C11H18N2S2/c12-5-1-2-10-8-13-11(15-10)9-3-6-14-7-4-9/h8-9H,1-7,12H2. The summed E-state index contributed by atoms with van der Waals surface area (Å²) < 4.78 is 0. The van der Waals surface area contributed by atoms with Crippen LogP contribution in [0.1, 0.15) is 35.1 Å². The second-order valence-electron chi connectivity index (χ2n) is 3.94. The number of thioether (sulfide) groups is 1. The smallest absolute Gasteiger partial charge is 0.0959 e. The maximum Gasteiger partial charge on any atom is 0.0959 e. The molecule has 0 aliphatic carbocycles. The Labute approximate surface area is 99.7 Å². The Hall–Kier alpha value is -0.0600. The molecule has 1 aromatic heterocycles. The number of rotatable bonds is 4. The van der Waals surface area contributed by atoms with Crippen LogP contribution in [0.3, 0.4) is 0 Å². The van der Waals surface area contributed by atoms with Gasteiger partial charge in [-0.25, -0.2) is 4.98 Å². The third kappa shape index (κ3) is 3.20. The van der Waals surface area contributed by atoms with Crippen LogP contribution in [-0.2, 0) is 6.42 Å². The number of thiazole rings is 1. The van der Waals surface area contributed by atoms with E-state index in [2.05, 4.69) is 22.9 Å². The van der Waals surface area contributed by atoms with E-state index in [4.69, 9.17) is 5.73 Å². The fraction of sp³-hybridized carbons (Fsp3) is 0.727. The van der Waals surface area contributed by atoms with Crippen LogP contribution < -0.4 is 5.73 Å². The molecule has 0 spiro atoms. The van der Waals surface area contributed by atoms with Crippen molar-refractivity contribution in [2.45, 2.75) is 31.6 Å². The summed E-state index contributed by atoms with van der Waals surface area (Å²) in [5, 5.41) is 1.36. The molecule has 1 aliphatic rings. The number of hydrogen-bond donors (Lipinski definition) is 1. The summed E-state index contributed by atoms with van der Waals surface area (Å²) in [5.41, 5.74) is 5.51. The van der Waals surface area contributed by atoms with Crippen molar-refractivity contribution in [3.05, 3.63) is 16.1 Å². The second kappa shape index (κ2) is 5.87. The Balaban J connectivity index is 1.93. The van der Waals surface area contributed by atoms with Gasteiger partial charge < -0.3 is 5.73 Å². The van der Waals surface area contributed by atoms with E-state index in [-0.39, 0.29) is 0 Å². The molecule has 4 heteroatoms. The predicted octanol–water partition coefficient (Wildman–Crippen LogP) is 2.65. The van der Waals surface area contributed by atoms with Gasteiger partial charge in [-0.05, 0) is 43.7 Å². The third-order valence-electron chi connectivity index (χ3n) is 2.77. The average Bonchev–Trinajstić information content (AvgIpc) is 2.76. The number of aromatic nitrogens is 1. The van der Waals surface area contributed by atoms with Crippen LogP contribution in [0.25, 0.3) is 0 Å². The van der Waals surface area contributed by atoms with Gasteiger partial charge in [0, 0.05) is 17.0 Å². The third-order valence-corrected chi connectivity index (χ3v) is 5.04. The predicted molar refractivity (Wildman–Crippen MR) is 68.8 cm³/mol. The lowest BCUT2D eigenvalue weighted by molar-refractivity contribution is 0.633. The number of aryl methyl sites for hydroxylation is 1. The summed E-state index contributed by atoms with van der Waals surface area (Å²) in [6.07, 6.45) is 6.87. The molecular formula is C11H18N2S2. The van der Waals surface area contributed by atoms with Crippen molar-refractivity contribution in [3.63, 3.8) is 0 Å². The maximum atomic E-state index is 5.51. The molecule has 2 N–H and O–H groups in total. The van der Waals surface area contributed by atoms with Crippen molar-refractivity contribution in [1.82, 2.24) is 4.98 Å². The maximum absolute atomic E-state index is 5.51. The zero-order valence-electron chi connectivity index (χ0n) is 8.95. The van der Waals surface area contributed by atoms with Gasteiger partial charge in [0.2, 0.25) is 0 Å². The van der Waals surface area contributed by atoms with Crippen LogP contribution >= 0.6 is 23.1 Å². The van der Waals surface area contributed by atoms with E-state index in [1.807, 2.05) is 11.3 Å².